The SMILES string of the molecule is COc1ccc(CN2C=C(c3cc(C(F)(F)F)nc(S(=O)(=O)Cc4ccc(-c5ccccc5)cc4)n3)C=CC2)cc1OC. The van der Waals surface area contributed by atoms with Crippen LogP contribution in [0, 0.1) is 0 Å². The van der Waals surface area contributed by atoms with E-state index in [1.165, 1.54) is 14.2 Å². The van der Waals surface area contributed by atoms with E-state index in [9.17, 15) is 21.6 Å². The predicted molar refractivity (Wildman–Crippen MR) is 157 cm³/mol. The molecular weight excluding hydrogens is 579 g/mol. The van der Waals surface area contributed by atoms with Crippen LogP contribution in [-0.2, 0) is 28.3 Å². The second kappa shape index (κ2) is 12.3. The number of benzene rings is 3. The summed E-state index contributed by atoms with van der Waals surface area (Å²) in [6, 6.07) is 22.5. The fourth-order valence-electron chi connectivity index (χ4n) is 4.65. The highest BCUT2D eigenvalue weighted by Crippen LogP contribution is 2.32. The molecule has 0 unspecified atom stereocenters. The van der Waals surface area contributed by atoms with Crippen molar-refractivity contribution >= 4 is 15.4 Å². The first-order chi connectivity index (χ1) is 20.6. The van der Waals surface area contributed by atoms with Gasteiger partial charge in [-0.15, -0.1) is 0 Å². The molecule has 3 aromatic carbocycles. The van der Waals surface area contributed by atoms with Crippen LogP contribution < -0.4 is 9.47 Å². The molecule has 1 aliphatic heterocycles. The van der Waals surface area contributed by atoms with Crippen LogP contribution in [0.3, 0.4) is 0 Å². The van der Waals surface area contributed by atoms with Crippen LogP contribution in [0.5, 0.6) is 11.5 Å². The summed E-state index contributed by atoms with van der Waals surface area (Å²) >= 11 is 0. The Morgan fingerprint density at radius 1 is 0.837 bits per heavy atom. The van der Waals surface area contributed by atoms with Gasteiger partial charge in [-0.2, -0.15) is 13.2 Å². The van der Waals surface area contributed by atoms with Gasteiger partial charge >= 0.3 is 6.18 Å². The molecule has 0 saturated heterocycles. The molecule has 222 valence electrons. The van der Waals surface area contributed by atoms with Crippen LogP contribution in [-0.4, -0.2) is 44.1 Å². The number of allylic oxidation sites excluding steroid dienone is 2. The highest BCUT2D eigenvalue weighted by atomic mass is 32.2. The van der Waals surface area contributed by atoms with Gasteiger partial charge in [-0.1, -0.05) is 72.8 Å². The standard InChI is InChI=1S/C32H28F3N3O4S/c1-41-28-15-12-23(17-29(28)42-2)19-38-16-6-9-26(20-38)27-18-30(32(33,34)35)37-31(36-27)43(39,40)21-22-10-13-25(14-11-22)24-7-4-3-5-8-24/h3-15,17-18,20H,16,19,21H2,1-2H3. The average molecular weight is 608 g/mol. The van der Waals surface area contributed by atoms with Crippen LogP contribution in [0.4, 0.5) is 13.2 Å². The van der Waals surface area contributed by atoms with Crippen molar-refractivity contribution in [3.05, 3.63) is 120 Å². The van der Waals surface area contributed by atoms with Gasteiger partial charge in [-0.25, -0.2) is 18.4 Å². The molecule has 0 N–H and O–H groups in total. The van der Waals surface area contributed by atoms with Gasteiger partial charge in [0.05, 0.1) is 25.7 Å². The van der Waals surface area contributed by atoms with Crippen LogP contribution in [0.1, 0.15) is 22.5 Å². The fraction of sp³-hybridized carbons (Fsp3) is 0.188. The van der Waals surface area contributed by atoms with Crippen molar-refractivity contribution in [1.29, 1.82) is 0 Å². The van der Waals surface area contributed by atoms with E-state index >= 15 is 0 Å². The number of halogens is 3. The lowest BCUT2D eigenvalue weighted by Crippen LogP contribution is -2.21. The second-order valence-electron chi connectivity index (χ2n) is 9.85. The number of rotatable bonds is 9. The van der Waals surface area contributed by atoms with Gasteiger partial charge < -0.3 is 14.4 Å². The minimum Gasteiger partial charge on any atom is -0.493 e. The Bertz CT molecular complexity index is 1770. The first-order valence-corrected chi connectivity index (χ1v) is 14.9. The molecule has 4 aromatic rings. The van der Waals surface area contributed by atoms with Gasteiger partial charge in [-0.3, -0.25) is 0 Å². The molecule has 2 heterocycles. The Morgan fingerprint density at radius 3 is 2.19 bits per heavy atom. The third kappa shape index (κ3) is 7.06. The molecule has 0 atom stereocenters. The molecule has 0 amide bonds. The molecule has 0 bridgehead atoms. The maximum atomic E-state index is 13.9. The summed E-state index contributed by atoms with van der Waals surface area (Å²) in [7, 11) is -1.26. The van der Waals surface area contributed by atoms with Crippen molar-refractivity contribution in [2.24, 2.45) is 0 Å². The number of ether oxygens (including phenoxy) is 2. The summed E-state index contributed by atoms with van der Waals surface area (Å²) in [6.45, 7) is 0.898. The Labute approximate surface area is 247 Å². The summed E-state index contributed by atoms with van der Waals surface area (Å²) in [5.41, 5.74) is 1.97. The van der Waals surface area contributed by atoms with Crippen molar-refractivity contribution in [2.75, 3.05) is 20.8 Å². The maximum absolute atomic E-state index is 13.9. The van der Waals surface area contributed by atoms with Gasteiger partial charge in [0.1, 0.15) is 5.69 Å². The van der Waals surface area contributed by atoms with E-state index in [4.69, 9.17) is 9.47 Å². The molecular formula is C32H28F3N3O4S. The largest absolute Gasteiger partial charge is 0.493 e. The predicted octanol–water partition coefficient (Wildman–Crippen LogP) is 6.57. The quantitative estimate of drug-likeness (QED) is 0.199. The van der Waals surface area contributed by atoms with Gasteiger partial charge in [0.25, 0.3) is 0 Å². The molecule has 11 heteroatoms. The Hall–Kier alpha value is -4.64. The Morgan fingerprint density at radius 2 is 1.51 bits per heavy atom. The van der Waals surface area contributed by atoms with Crippen LogP contribution >= 0.6 is 0 Å². The van der Waals surface area contributed by atoms with Crippen LogP contribution in [0.15, 0.2) is 102 Å². The lowest BCUT2D eigenvalue weighted by molar-refractivity contribution is -0.141. The highest BCUT2D eigenvalue weighted by Gasteiger charge is 2.35. The number of alkyl halides is 3. The molecule has 0 saturated carbocycles. The molecule has 1 aromatic heterocycles. The molecule has 1 aliphatic rings. The normalized spacial score (nSPS) is 13.5. The van der Waals surface area contributed by atoms with Crippen molar-refractivity contribution < 1.29 is 31.1 Å². The van der Waals surface area contributed by atoms with E-state index < -0.39 is 32.6 Å². The monoisotopic (exact) mass is 607 g/mol. The van der Waals surface area contributed by atoms with Crippen molar-refractivity contribution in [3.63, 3.8) is 0 Å². The van der Waals surface area contributed by atoms with Crippen molar-refractivity contribution in [3.8, 4) is 22.6 Å². The number of hydrogen-bond donors (Lipinski definition) is 0. The van der Waals surface area contributed by atoms with Crippen molar-refractivity contribution in [1.82, 2.24) is 14.9 Å². The lowest BCUT2D eigenvalue weighted by atomic mass is 10.0. The van der Waals surface area contributed by atoms with E-state index in [-0.39, 0.29) is 5.69 Å². The summed E-state index contributed by atoms with van der Waals surface area (Å²) in [4.78, 5) is 9.42. The van der Waals surface area contributed by atoms with Crippen LogP contribution in [0.2, 0.25) is 0 Å². The number of aromatic nitrogens is 2. The molecule has 7 nitrogen and oxygen atoms in total. The zero-order valence-electron chi connectivity index (χ0n) is 23.4. The summed E-state index contributed by atoms with van der Waals surface area (Å²) in [6.07, 6.45) is 0.162. The molecule has 5 rings (SSSR count). The summed E-state index contributed by atoms with van der Waals surface area (Å²) < 4.78 is 78.9. The third-order valence-electron chi connectivity index (χ3n) is 6.78. The lowest BCUT2D eigenvalue weighted by Gasteiger charge is -2.24. The van der Waals surface area contributed by atoms with Gasteiger partial charge in [0.2, 0.25) is 15.0 Å². The van der Waals surface area contributed by atoms with E-state index in [1.807, 2.05) is 47.4 Å². The van der Waals surface area contributed by atoms with E-state index in [0.29, 0.717) is 35.7 Å². The Kier molecular flexibility index (Phi) is 8.54. The second-order valence-corrected chi connectivity index (χ2v) is 11.7. The molecule has 0 fully saturated rings. The zero-order valence-corrected chi connectivity index (χ0v) is 24.2. The number of nitrogens with zero attached hydrogens (tertiary/aromatic N) is 3. The number of methoxy groups -OCH3 is 2. The fourth-order valence-corrected chi connectivity index (χ4v) is 5.88. The van der Waals surface area contributed by atoms with E-state index in [0.717, 1.165) is 22.8 Å². The molecule has 0 radical (unpaired) electrons. The first kappa shape index (κ1) is 29.8. The minimum atomic E-state index is -4.88. The number of hydrogen-bond acceptors (Lipinski definition) is 7. The van der Waals surface area contributed by atoms with E-state index in [2.05, 4.69) is 9.97 Å². The average Bonchev–Trinajstić information content (AvgIpc) is 3.01. The summed E-state index contributed by atoms with van der Waals surface area (Å²) in [5, 5.41) is -0.879. The highest BCUT2D eigenvalue weighted by molar-refractivity contribution is 7.90. The van der Waals surface area contributed by atoms with Gasteiger partial charge in [0, 0.05) is 24.9 Å². The third-order valence-corrected chi connectivity index (χ3v) is 8.23. The maximum Gasteiger partial charge on any atom is 0.433 e. The topological polar surface area (TPSA) is 81.6 Å². The smallest absolute Gasteiger partial charge is 0.433 e. The van der Waals surface area contributed by atoms with Crippen LogP contribution in [0.25, 0.3) is 16.7 Å². The van der Waals surface area contributed by atoms with Gasteiger partial charge in [-0.05, 0) is 40.5 Å². The molecule has 0 spiro atoms. The zero-order chi connectivity index (χ0) is 30.6. The molecule has 43 heavy (non-hydrogen) atoms. The first-order valence-electron chi connectivity index (χ1n) is 13.2. The Balaban J connectivity index is 1.43. The van der Waals surface area contributed by atoms with Gasteiger partial charge in [0.15, 0.2) is 11.5 Å². The molecule has 0 aliphatic carbocycles. The summed E-state index contributed by atoms with van der Waals surface area (Å²) in [5.74, 6) is 0.567. The number of sulfone groups is 1. The van der Waals surface area contributed by atoms with E-state index in [1.54, 1.807) is 48.7 Å². The minimum absolute atomic E-state index is 0.145. The van der Waals surface area contributed by atoms with Crippen molar-refractivity contribution in [2.45, 2.75) is 23.6 Å².